The molecule has 1 N–H and O–H groups in total. The number of ether oxygens (including phenoxy) is 1. The Kier molecular flexibility index (Phi) is 4.74. The van der Waals surface area contributed by atoms with Crippen LogP contribution in [0, 0.1) is 0 Å². The van der Waals surface area contributed by atoms with E-state index >= 15 is 0 Å². The van der Waals surface area contributed by atoms with Crippen LogP contribution in [0.2, 0.25) is 0 Å². The van der Waals surface area contributed by atoms with E-state index in [0.29, 0.717) is 18.2 Å². The van der Waals surface area contributed by atoms with Gasteiger partial charge in [0.15, 0.2) is 0 Å². The van der Waals surface area contributed by atoms with Crippen molar-refractivity contribution in [1.29, 1.82) is 0 Å². The smallest absolute Gasteiger partial charge is 0.271 e. The fourth-order valence-corrected chi connectivity index (χ4v) is 2.68. The Morgan fingerprint density at radius 3 is 2.95 bits per heavy atom. The number of aromatic nitrogens is 1. The van der Waals surface area contributed by atoms with E-state index in [1.165, 1.54) is 11.3 Å². The maximum absolute atomic E-state index is 12.2. The Labute approximate surface area is 122 Å². The predicted octanol–water partition coefficient (Wildman–Crippen LogP) is 3.21. The lowest BCUT2D eigenvalue weighted by atomic mass is 10.1. The van der Waals surface area contributed by atoms with E-state index in [1.54, 1.807) is 12.6 Å². The molecule has 0 atom stereocenters. The van der Waals surface area contributed by atoms with Crippen molar-refractivity contribution in [2.24, 2.45) is 0 Å². The number of hydrogen-bond acceptors (Lipinski definition) is 4. The standard InChI is InChI=1S/C15H18N2O2S/c1-10(2)14-13(17-9-20-14)15(18)16-8-11-5-4-6-12(7-11)19-3/h4-7,9-10H,8H2,1-3H3,(H,16,18). The van der Waals surface area contributed by atoms with Crippen LogP contribution in [-0.2, 0) is 6.54 Å². The number of nitrogens with one attached hydrogen (secondary N) is 1. The SMILES string of the molecule is COc1cccc(CNC(=O)c2ncsc2C(C)C)c1. The Morgan fingerprint density at radius 2 is 2.25 bits per heavy atom. The lowest BCUT2D eigenvalue weighted by Crippen LogP contribution is -2.24. The predicted molar refractivity (Wildman–Crippen MR) is 80.4 cm³/mol. The molecule has 0 unspecified atom stereocenters. The molecule has 0 aliphatic carbocycles. The summed E-state index contributed by atoms with van der Waals surface area (Å²) < 4.78 is 5.16. The second-order valence-corrected chi connectivity index (χ2v) is 5.64. The van der Waals surface area contributed by atoms with Crippen molar-refractivity contribution in [2.45, 2.75) is 26.3 Å². The van der Waals surface area contributed by atoms with Gasteiger partial charge in [0, 0.05) is 11.4 Å². The molecule has 0 fully saturated rings. The highest BCUT2D eigenvalue weighted by Gasteiger charge is 2.16. The maximum Gasteiger partial charge on any atom is 0.271 e. The molecule has 1 amide bonds. The molecular formula is C15H18N2O2S. The minimum atomic E-state index is -0.127. The van der Waals surface area contributed by atoms with Gasteiger partial charge in [0.1, 0.15) is 11.4 Å². The fraction of sp³-hybridized carbons (Fsp3) is 0.333. The van der Waals surface area contributed by atoms with Crippen molar-refractivity contribution < 1.29 is 9.53 Å². The zero-order valence-corrected chi connectivity index (χ0v) is 12.7. The van der Waals surface area contributed by atoms with E-state index in [4.69, 9.17) is 4.74 Å². The summed E-state index contributed by atoms with van der Waals surface area (Å²) in [5.41, 5.74) is 3.25. The third-order valence-corrected chi connectivity index (χ3v) is 4.05. The summed E-state index contributed by atoms with van der Waals surface area (Å²) in [6.07, 6.45) is 0. The zero-order valence-electron chi connectivity index (χ0n) is 11.8. The molecule has 0 saturated carbocycles. The van der Waals surface area contributed by atoms with Gasteiger partial charge in [-0.25, -0.2) is 4.98 Å². The monoisotopic (exact) mass is 290 g/mol. The molecule has 4 nitrogen and oxygen atoms in total. The molecule has 0 spiro atoms. The largest absolute Gasteiger partial charge is 0.497 e. The summed E-state index contributed by atoms with van der Waals surface area (Å²) in [6.45, 7) is 4.59. The minimum Gasteiger partial charge on any atom is -0.497 e. The average Bonchev–Trinajstić information content (AvgIpc) is 2.94. The number of carbonyl (C=O) groups excluding carboxylic acids is 1. The number of methoxy groups -OCH3 is 1. The topological polar surface area (TPSA) is 51.2 Å². The van der Waals surface area contributed by atoms with Gasteiger partial charge in [0.05, 0.1) is 12.6 Å². The van der Waals surface area contributed by atoms with E-state index in [2.05, 4.69) is 24.1 Å². The molecule has 0 radical (unpaired) electrons. The number of thiazole rings is 1. The number of hydrogen-bond donors (Lipinski definition) is 1. The van der Waals surface area contributed by atoms with Crippen LogP contribution in [0.5, 0.6) is 5.75 Å². The van der Waals surface area contributed by atoms with Crippen molar-refractivity contribution in [1.82, 2.24) is 10.3 Å². The van der Waals surface area contributed by atoms with Crippen molar-refractivity contribution in [3.63, 3.8) is 0 Å². The van der Waals surface area contributed by atoms with Crippen molar-refractivity contribution >= 4 is 17.2 Å². The molecule has 1 aromatic heterocycles. The number of carbonyl (C=O) groups is 1. The van der Waals surface area contributed by atoms with Crippen LogP contribution in [0.25, 0.3) is 0 Å². The van der Waals surface area contributed by atoms with Gasteiger partial charge in [-0.1, -0.05) is 26.0 Å². The van der Waals surface area contributed by atoms with Gasteiger partial charge in [-0.2, -0.15) is 0 Å². The first kappa shape index (κ1) is 14.5. The lowest BCUT2D eigenvalue weighted by Gasteiger charge is -2.08. The van der Waals surface area contributed by atoms with Gasteiger partial charge in [0.25, 0.3) is 5.91 Å². The number of amides is 1. The van der Waals surface area contributed by atoms with E-state index < -0.39 is 0 Å². The molecule has 0 saturated heterocycles. The van der Waals surface area contributed by atoms with Crippen molar-refractivity contribution in [2.75, 3.05) is 7.11 Å². The summed E-state index contributed by atoms with van der Waals surface area (Å²) in [7, 11) is 1.63. The van der Waals surface area contributed by atoms with Crippen LogP contribution in [-0.4, -0.2) is 18.0 Å². The molecule has 0 aliphatic rings. The second-order valence-electron chi connectivity index (χ2n) is 4.75. The van der Waals surface area contributed by atoms with Crippen LogP contribution in [0.4, 0.5) is 0 Å². The molecule has 1 heterocycles. The van der Waals surface area contributed by atoms with Gasteiger partial charge in [-0.3, -0.25) is 4.79 Å². The van der Waals surface area contributed by atoms with E-state index in [1.807, 2.05) is 24.3 Å². The second kappa shape index (κ2) is 6.52. The first-order valence-corrected chi connectivity index (χ1v) is 7.34. The van der Waals surface area contributed by atoms with Crippen LogP contribution in [0.3, 0.4) is 0 Å². The fourth-order valence-electron chi connectivity index (χ4n) is 1.88. The molecule has 5 heteroatoms. The number of nitrogens with zero attached hydrogens (tertiary/aromatic N) is 1. The van der Waals surface area contributed by atoms with Gasteiger partial charge < -0.3 is 10.1 Å². The maximum atomic E-state index is 12.2. The molecular weight excluding hydrogens is 272 g/mol. The summed E-state index contributed by atoms with van der Waals surface area (Å²) in [4.78, 5) is 17.3. The third kappa shape index (κ3) is 3.36. The zero-order chi connectivity index (χ0) is 14.5. The van der Waals surface area contributed by atoms with Gasteiger partial charge >= 0.3 is 0 Å². The summed E-state index contributed by atoms with van der Waals surface area (Å²) >= 11 is 1.52. The first-order valence-electron chi connectivity index (χ1n) is 6.46. The quantitative estimate of drug-likeness (QED) is 0.920. The normalized spacial score (nSPS) is 10.6. The Balaban J connectivity index is 2.03. The highest BCUT2D eigenvalue weighted by Crippen LogP contribution is 2.23. The third-order valence-electron chi connectivity index (χ3n) is 2.92. The van der Waals surface area contributed by atoms with Crippen LogP contribution >= 0.6 is 11.3 Å². The van der Waals surface area contributed by atoms with Crippen LogP contribution in [0.1, 0.15) is 40.7 Å². The molecule has 1 aromatic carbocycles. The van der Waals surface area contributed by atoms with Gasteiger partial charge in [-0.15, -0.1) is 11.3 Å². The summed E-state index contributed by atoms with van der Waals surface area (Å²) in [5, 5.41) is 2.90. The van der Waals surface area contributed by atoms with E-state index in [9.17, 15) is 4.79 Å². The van der Waals surface area contributed by atoms with Crippen molar-refractivity contribution in [3.8, 4) is 5.75 Å². The lowest BCUT2D eigenvalue weighted by molar-refractivity contribution is 0.0945. The average molecular weight is 290 g/mol. The Bertz CT molecular complexity index is 593. The molecule has 0 aliphatic heterocycles. The first-order chi connectivity index (χ1) is 9.61. The Morgan fingerprint density at radius 1 is 1.45 bits per heavy atom. The van der Waals surface area contributed by atoms with Gasteiger partial charge in [-0.05, 0) is 23.6 Å². The number of rotatable bonds is 5. The Hall–Kier alpha value is -1.88. The summed E-state index contributed by atoms with van der Waals surface area (Å²) in [5.74, 6) is 0.964. The van der Waals surface area contributed by atoms with E-state index in [-0.39, 0.29) is 5.91 Å². The van der Waals surface area contributed by atoms with Crippen LogP contribution < -0.4 is 10.1 Å². The molecule has 0 bridgehead atoms. The molecule has 2 aromatic rings. The summed E-state index contributed by atoms with van der Waals surface area (Å²) in [6, 6.07) is 7.64. The molecule has 20 heavy (non-hydrogen) atoms. The van der Waals surface area contributed by atoms with E-state index in [0.717, 1.165) is 16.2 Å². The minimum absolute atomic E-state index is 0.127. The highest BCUT2D eigenvalue weighted by atomic mass is 32.1. The highest BCUT2D eigenvalue weighted by molar-refractivity contribution is 7.10. The molecule has 2 rings (SSSR count). The molecule has 106 valence electrons. The van der Waals surface area contributed by atoms with Crippen LogP contribution in [0.15, 0.2) is 29.8 Å². The van der Waals surface area contributed by atoms with Gasteiger partial charge in [0.2, 0.25) is 0 Å². The van der Waals surface area contributed by atoms with Crippen molar-refractivity contribution in [3.05, 3.63) is 45.9 Å². The number of benzene rings is 1.